The first-order chi connectivity index (χ1) is 15.5. The van der Waals surface area contributed by atoms with E-state index in [1.165, 1.54) is 5.56 Å². The number of aromatic nitrogens is 1. The van der Waals surface area contributed by atoms with Crippen molar-refractivity contribution in [2.24, 2.45) is 7.05 Å². The molecule has 0 saturated carbocycles. The van der Waals surface area contributed by atoms with Crippen molar-refractivity contribution < 1.29 is 8.98 Å². The van der Waals surface area contributed by atoms with Crippen LogP contribution in [-0.4, -0.2) is 0 Å². The summed E-state index contributed by atoms with van der Waals surface area (Å²) in [6.07, 6.45) is 2.05. The Morgan fingerprint density at radius 1 is 0.938 bits per heavy atom. The topological polar surface area (TPSA) is 21.4 Å². The van der Waals surface area contributed by atoms with E-state index in [0.717, 1.165) is 44.3 Å². The van der Waals surface area contributed by atoms with Crippen LogP contribution in [0.2, 0.25) is 0 Å². The maximum atomic E-state index is 8.02. The number of rotatable bonds is 3. The molecule has 156 valence electrons. The maximum Gasteiger partial charge on any atom is 0.237 e. The second-order valence-corrected chi connectivity index (χ2v) is 8.63. The van der Waals surface area contributed by atoms with Crippen molar-refractivity contribution in [1.29, 1.82) is 0 Å². The van der Waals surface area contributed by atoms with Crippen LogP contribution in [0.3, 0.4) is 0 Å². The molecular weight excluding hydrogens is 392 g/mol. The standard InChI is InChI=1S/C29H25N2O/c1-18(2)22-17-23(20-11-7-6-8-12-20)27(30-4)29-26(22)21-15-14-19(3)25(28(21)32-29)24-13-9-10-16-31(24)5/h6-18H,1-3,5H3/q+1. The summed E-state index contributed by atoms with van der Waals surface area (Å²) in [6, 6.07) is 22.8. The summed E-state index contributed by atoms with van der Waals surface area (Å²) in [5.41, 5.74) is 8.60. The van der Waals surface area contributed by atoms with Gasteiger partial charge in [-0.1, -0.05) is 62.4 Å². The highest BCUT2D eigenvalue weighted by Crippen LogP contribution is 2.47. The maximum absolute atomic E-state index is 8.02. The first kappa shape index (κ1) is 20.0. The molecule has 0 spiro atoms. The van der Waals surface area contributed by atoms with Gasteiger partial charge in [-0.15, -0.1) is 0 Å². The fourth-order valence-corrected chi connectivity index (χ4v) is 4.64. The first-order valence-corrected chi connectivity index (χ1v) is 10.9. The smallest absolute Gasteiger partial charge is 0.237 e. The molecule has 3 heteroatoms. The van der Waals surface area contributed by atoms with E-state index in [2.05, 4.69) is 66.6 Å². The lowest BCUT2D eigenvalue weighted by Crippen LogP contribution is -2.30. The van der Waals surface area contributed by atoms with Crippen molar-refractivity contribution in [3.05, 3.63) is 95.5 Å². The number of benzene rings is 3. The van der Waals surface area contributed by atoms with Gasteiger partial charge in [-0.05, 0) is 41.2 Å². The van der Waals surface area contributed by atoms with Crippen molar-refractivity contribution in [2.75, 3.05) is 0 Å². The largest absolute Gasteiger partial charge is 0.466 e. The zero-order chi connectivity index (χ0) is 22.4. The van der Waals surface area contributed by atoms with Gasteiger partial charge in [-0.2, -0.15) is 0 Å². The molecule has 0 aliphatic rings. The summed E-state index contributed by atoms with van der Waals surface area (Å²) < 4.78 is 8.74. The molecule has 0 amide bonds. The van der Waals surface area contributed by atoms with Crippen LogP contribution in [0.25, 0.3) is 49.2 Å². The van der Waals surface area contributed by atoms with Crippen LogP contribution >= 0.6 is 0 Å². The summed E-state index contributed by atoms with van der Waals surface area (Å²) in [6.45, 7) is 14.5. The van der Waals surface area contributed by atoms with Crippen LogP contribution in [0.4, 0.5) is 5.69 Å². The Morgan fingerprint density at radius 2 is 1.69 bits per heavy atom. The molecule has 2 aromatic heterocycles. The predicted octanol–water partition coefficient (Wildman–Crippen LogP) is 7.73. The third-order valence-corrected chi connectivity index (χ3v) is 6.25. The quantitative estimate of drug-likeness (QED) is 0.217. The Kier molecular flexibility index (Phi) is 4.79. The lowest BCUT2D eigenvalue weighted by molar-refractivity contribution is -0.660. The second-order valence-electron chi connectivity index (χ2n) is 8.63. The van der Waals surface area contributed by atoms with E-state index in [-0.39, 0.29) is 5.92 Å². The van der Waals surface area contributed by atoms with Gasteiger partial charge >= 0.3 is 0 Å². The molecule has 0 saturated heterocycles. The molecule has 0 aliphatic carbocycles. The molecule has 32 heavy (non-hydrogen) atoms. The molecular formula is C29H25N2O+. The summed E-state index contributed by atoms with van der Waals surface area (Å²) in [5, 5.41) is 2.12. The fraction of sp³-hybridized carbons (Fsp3) is 0.172. The van der Waals surface area contributed by atoms with Gasteiger partial charge in [-0.3, -0.25) is 0 Å². The minimum absolute atomic E-state index is 0.290. The van der Waals surface area contributed by atoms with Gasteiger partial charge in [0, 0.05) is 22.9 Å². The van der Waals surface area contributed by atoms with Gasteiger partial charge < -0.3 is 4.42 Å². The van der Waals surface area contributed by atoms with Crippen molar-refractivity contribution in [3.8, 4) is 22.4 Å². The molecule has 0 bridgehead atoms. The molecule has 5 aromatic rings. The Balaban J connectivity index is 1.97. The summed E-state index contributed by atoms with van der Waals surface area (Å²) in [5.74, 6) is 0.290. The van der Waals surface area contributed by atoms with E-state index in [4.69, 9.17) is 11.0 Å². The van der Waals surface area contributed by atoms with E-state index >= 15 is 0 Å². The average molecular weight is 418 g/mol. The molecule has 0 radical (unpaired) electrons. The number of pyridine rings is 1. The number of nitrogens with zero attached hydrogens (tertiary/aromatic N) is 2. The van der Waals surface area contributed by atoms with E-state index in [0.29, 0.717) is 11.3 Å². The molecule has 2 heterocycles. The Hall–Kier alpha value is -3.90. The summed E-state index contributed by atoms with van der Waals surface area (Å²) >= 11 is 0. The molecule has 0 fully saturated rings. The summed E-state index contributed by atoms with van der Waals surface area (Å²) in [4.78, 5) is 3.96. The fourth-order valence-electron chi connectivity index (χ4n) is 4.64. The van der Waals surface area contributed by atoms with E-state index < -0.39 is 0 Å². The Labute approximate surface area is 188 Å². The van der Waals surface area contributed by atoms with Crippen LogP contribution in [-0.2, 0) is 7.05 Å². The molecule has 0 unspecified atom stereocenters. The first-order valence-electron chi connectivity index (χ1n) is 10.9. The number of hydrogen-bond donors (Lipinski definition) is 0. The third-order valence-electron chi connectivity index (χ3n) is 6.25. The number of furan rings is 1. The highest BCUT2D eigenvalue weighted by Gasteiger charge is 2.25. The van der Waals surface area contributed by atoms with E-state index in [9.17, 15) is 0 Å². The Morgan fingerprint density at radius 3 is 2.38 bits per heavy atom. The van der Waals surface area contributed by atoms with Gasteiger partial charge in [0.25, 0.3) is 0 Å². The highest BCUT2D eigenvalue weighted by atomic mass is 16.3. The number of hydrogen-bond acceptors (Lipinski definition) is 1. The van der Waals surface area contributed by atoms with Crippen molar-refractivity contribution in [2.45, 2.75) is 26.7 Å². The van der Waals surface area contributed by atoms with Crippen LogP contribution in [0.1, 0.15) is 30.9 Å². The monoisotopic (exact) mass is 417 g/mol. The van der Waals surface area contributed by atoms with Crippen molar-refractivity contribution in [3.63, 3.8) is 0 Å². The van der Waals surface area contributed by atoms with Gasteiger partial charge in [0.1, 0.15) is 18.2 Å². The number of fused-ring (bicyclic) bond motifs is 3. The SMILES string of the molecule is [C-]#[N+]c1c(-c2ccccc2)cc(C(C)C)c2c1oc1c(-c3cccc[n+]3C)c(C)ccc12. The third kappa shape index (κ3) is 2.99. The minimum atomic E-state index is 0.290. The average Bonchev–Trinajstić information content (AvgIpc) is 3.18. The van der Waals surface area contributed by atoms with Crippen molar-refractivity contribution >= 4 is 27.6 Å². The Bertz CT molecular complexity index is 1520. The minimum Gasteiger partial charge on any atom is -0.466 e. The van der Waals surface area contributed by atoms with E-state index in [1.54, 1.807) is 0 Å². The number of aryl methyl sites for hydroxylation is 2. The highest BCUT2D eigenvalue weighted by molar-refractivity contribution is 6.16. The molecule has 3 nitrogen and oxygen atoms in total. The molecule has 0 N–H and O–H groups in total. The predicted molar refractivity (Wildman–Crippen MR) is 131 cm³/mol. The van der Waals surface area contributed by atoms with Crippen molar-refractivity contribution in [1.82, 2.24) is 0 Å². The molecule has 0 aliphatic heterocycles. The van der Waals surface area contributed by atoms with Crippen LogP contribution in [0, 0.1) is 13.5 Å². The molecule has 3 aromatic carbocycles. The van der Waals surface area contributed by atoms with Crippen LogP contribution in [0.15, 0.2) is 77.3 Å². The lowest BCUT2D eigenvalue weighted by Gasteiger charge is -2.13. The molecule has 0 atom stereocenters. The normalized spacial score (nSPS) is 11.4. The van der Waals surface area contributed by atoms with E-state index in [1.807, 2.05) is 43.6 Å². The molecule has 5 rings (SSSR count). The second kappa shape index (κ2) is 7.66. The van der Waals surface area contributed by atoms with Crippen LogP contribution < -0.4 is 4.57 Å². The van der Waals surface area contributed by atoms with Gasteiger partial charge in [-0.25, -0.2) is 9.41 Å². The lowest BCUT2D eigenvalue weighted by atomic mass is 9.90. The van der Waals surface area contributed by atoms with Gasteiger partial charge in [0.2, 0.25) is 11.4 Å². The zero-order valence-electron chi connectivity index (χ0n) is 18.8. The van der Waals surface area contributed by atoms with Crippen LogP contribution in [0.5, 0.6) is 0 Å². The summed E-state index contributed by atoms with van der Waals surface area (Å²) in [7, 11) is 2.05. The van der Waals surface area contributed by atoms with Gasteiger partial charge in [0.05, 0.1) is 12.1 Å². The van der Waals surface area contributed by atoms with Gasteiger partial charge in [0.15, 0.2) is 6.20 Å². The zero-order valence-corrected chi connectivity index (χ0v) is 18.8.